The van der Waals surface area contributed by atoms with E-state index < -0.39 is 0 Å². The van der Waals surface area contributed by atoms with E-state index in [1.54, 1.807) is 0 Å². The fourth-order valence-electron chi connectivity index (χ4n) is 5.73. The maximum Gasteiger partial charge on any atom is 0.0329 e. The molecule has 0 aliphatic heterocycles. The molecule has 0 aromatic carbocycles. The van der Waals surface area contributed by atoms with Crippen LogP contribution in [0.15, 0.2) is 0 Å². The average molecular weight is 293 g/mol. The Labute approximate surface area is 131 Å². The highest BCUT2D eigenvalue weighted by atomic mass is 15.2. The van der Waals surface area contributed by atoms with Crippen LogP contribution in [-0.4, -0.2) is 30.6 Å². The van der Waals surface area contributed by atoms with Crippen molar-refractivity contribution >= 4 is 0 Å². The van der Waals surface area contributed by atoms with Gasteiger partial charge in [0.15, 0.2) is 0 Å². The molecular weight excluding hydrogens is 256 g/mol. The van der Waals surface area contributed by atoms with Crippen LogP contribution in [0.1, 0.15) is 65.2 Å². The van der Waals surface area contributed by atoms with Gasteiger partial charge >= 0.3 is 0 Å². The summed E-state index contributed by atoms with van der Waals surface area (Å²) < 4.78 is 0. The summed E-state index contributed by atoms with van der Waals surface area (Å²) >= 11 is 0. The van der Waals surface area contributed by atoms with Crippen LogP contribution in [0.4, 0.5) is 0 Å². The van der Waals surface area contributed by atoms with Crippen molar-refractivity contribution < 1.29 is 0 Å². The number of hydrogen-bond donors (Lipinski definition) is 1. The van der Waals surface area contributed by atoms with Gasteiger partial charge in [-0.15, -0.1) is 0 Å². The molecular formula is C19H36N2. The summed E-state index contributed by atoms with van der Waals surface area (Å²) in [5.41, 5.74) is 6.58. The Balaban J connectivity index is 1.58. The molecule has 0 radical (unpaired) electrons. The Morgan fingerprint density at radius 3 is 2.29 bits per heavy atom. The first kappa shape index (κ1) is 15.8. The number of nitrogens with two attached hydrogens (primary N) is 1. The molecule has 0 aromatic heterocycles. The molecule has 0 heterocycles. The molecule has 3 aliphatic rings. The summed E-state index contributed by atoms with van der Waals surface area (Å²) in [6.07, 6.45) is 11.5. The highest BCUT2D eigenvalue weighted by molar-refractivity contribution is 4.98. The molecule has 0 aromatic rings. The second-order valence-corrected chi connectivity index (χ2v) is 8.83. The van der Waals surface area contributed by atoms with Crippen molar-refractivity contribution in [3.63, 3.8) is 0 Å². The van der Waals surface area contributed by atoms with Crippen LogP contribution < -0.4 is 5.73 Å². The van der Waals surface area contributed by atoms with E-state index in [0.29, 0.717) is 5.54 Å². The third-order valence-electron chi connectivity index (χ3n) is 7.49. The molecule has 122 valence electrons. The molecule has 3 fully saturated rings. The van der Waals surface area contributed by atoms with E-state index in [1.807, 2.05) is 0 Å². The minimum atomic E-state index is 0.313. The minimum absolute atomic E-state index is 0.313. The first-order valence-corrected chi connectivity index (χ1v) is 9.45. The van der Waals surface area contributed by atoms with Crippen molar-refractivity contribution in [3.05, 3.63) is 0 Å². The normalized spacial score (nSPS) is 43.1. The second kappa shape index (κ2) is 6.20. The van der Waals surface area contributed by atoms with Crippen LogP contribution in [0.25, 0.3) is 0 Å². The Morgan fingerprint density at radius 2 is 1.81 bits per heavy atom. The Bertz CT molecular complexity index is 343. The third kappa shape index (κ3) is 3.03. The van der Waals surface area contributed by atoms with E-state index in [0.717, 1.165) is 36.1 Å². The molecule has 0 spiro atoms. The number of nitrogens with zero attached hydrogens (tertiary/aromatic N) is 1. The van der Waals surface area contributed by atoms with E-state index in [-0.39, 0.29) is 0 Å². The predicted molar refractivity (Wildman–Crippen MR) is 90.1 cm³/mol. The largest absolute Gasteiger partial charge is 0.329 e. The van der Waals surface area contributed by atoms with Gasteiger partial charge in [0.25, 0.3) is 0 Å². The summed E-state index contributed by atoms with van der Waals surface area (Å²) in [5, 5.41) is 0. The van der Waals surface area contributed by atoms with Crippen LogP contribution in [0.2, 0.25) is 0 Å². The Morgan fingerprint density at radius 1 is 1.10 bits per heavy atom. The summed E-state index contributed by atoms with van der Waals surface area (Å²) in [6, 6.07) is 0. The van der Waals surface area contributed by atoms with E-state index >= 15 is 0 Å². The lowest BCUT2D eigenvalue weighted by Crippen LogP contribution is -2.55. The van der Waals surface area contributed by atoms with E-state index in [4.69, 9.17) is 5.73 Å². The van der Waals surface area contributed by atoms with Crippen molar-refractivity contribution in [2.45, 2.75) is 70.8 Å². The lowest BCUT2D eigenvalue weighted by molar-refractivity contribution is 0.0368. The molecule has 2 bridgehead atoms. The second-order valence-electron chi connectivity index (χ2n) is 8.83. The number of rotatable bonds is 5. The maximum atomic E-state index is 6.27. The van der Waals surface area contributed by atoms with E-state index in [1.165, 1.54) is 57.9 Å². The minimum Gasteiger partial charge on any atom is -0.329 e. The molecule has 0 saturated heterocycles. The lowest BCUT2D eigenvalue weighted by atomic mass is 9.71. The van der Waals surface area contributed by atoms with Gasteiger partial charge in [-0.1, -0.05) is 20.3 Å². The van der Waals surface area contributed by atoms with Gasteiger partial charge in [0.2, 0.25) is 0 Å². The molecule has 3 unspecified atom stereocenters. The van der Waals surface area contributed by atoms with Gasteiger partial charge in [0.05, 0.1) is 0 Å². The quantitative estimate of drug-likeness (QED) is 0.832. The van der Waals surface area contributed by atoms with Gasteiger partial charge in [-0.25, -0.2) is 0 Å². The van der Waals surface area contributed by atoms with Gasteiger partial charge in [0, 0.05) is 18.6 Å². The van der Waals surface area contributed by atoms with Gasteiger partial charge in [-0.05, 0) is 81.6 Å². The zero-order valence-corrected chi connectivity index (χ0v) is 14.5. The zero-order chi connectivity index (χ0) is 15.0. The van der Waals surface area contributed by atoms with Crippen molar-refractivity contribution in [1.82, 2.24) is 4.90 Å². The number of likely N-dealkylation sites (N-methyl/N-ethyl adjacent to an activating group) is 1. The molecule has 2 nitrogen and oxygen atoms in total. The van der Waals surface area contributed by atoms with Crippen molar-refractivity contribution in [2.75, 3.05) is 20.1 Å². The van der Waals surface area contributed by atoms with E-state index in [9.17, 15) is 0 Å². The number of hydrogen-bond acceptors (Lipinski definition) is 2. The number of fused-ring (bicyclic) bond motifs is 2. The summed E-state index contributed by atoms with van der Waals surface area (Å²) in [5.74, 6) is 4.86. The van der Waals surface area contributed by atoms with Crippen molar-refractivity contribution in [1.29, 1.82) is 0 Å². The Hall–Kier alpha value is -0.0800. The predicted octanol–water partition coefficient (Wildman–Crippen LogP) is 3.90. The van der Waals surface area contributed by atoms with Crippen LogP contribution in [0.3, 0.4) is 0 Å². The molecule has 0 amide bonds. The van der Waals surface area contributed by atoms with Gasteiger partial charge in [-0.2, -0.15) is 0 Å². The topological polar surface area (TPSA) is 29.3 Å². The molecule has 2 heteroatoms. The molecule has 3 atom stereocenters. The van der Waals surface area contributed by atoms with Gasteiger partial charge in [0.1, 0.15) is 0 Å². The lowest BCUT2D eigenvalue weighted by Gasteiger charge is -2.48. The highest BCUT2D eigenvalue weighted by Gasteiger charge is 2.43. The Kier molecular flexibility index (Phi) is 4.66. The molecule has 3 saturated carbocycles. The SMILES string of the molecule is CC(C)C1CCC(CN)(N(C)CC2CC3CCC2C3)CC1. The molecule has 21 heavy (non-hydrogen) atoms. The average Bonchev–Trinajstić information content (AvgIpc) is 3.09. The van der Waals surface area contributed by atoms with Crippen molar-refractivity contribution in [3.8, 4) is 0 Å². The van der Waals surface area contributed by atoms with Gasteiger partial charge < -0.3 is 5.73 Å². The molecule has 3 aliphatic carbocycles. The summed E-state index contributed by atoms with van der Waals surface area (Å²) in [7, 11) is 2.37. The first-order valence-electron chi connectivity index (χ1n) is 9.45. The first-order chi connectivity index (χ1) is 10.0. The summed E-state index contributed by atoms with van der Waals surface area (Å²) in [6.45, 7) is 6.94. The fraction of sp³-hybridized carbons (Fsp3) is 1.00. The highest BCUT2D eigenvalue weighted by Crippen LogP contribution is 2.49. The van der Waals surface area contributed by atoms with Crippen LogP contribution >= 0.6 is 0 Å². The smallest absolute Gasteiger partial charge is 0.0329 e. The fourth-order valence-corrected chi connectivity index (χ4v) is 5.73. The molecule has 2 N–H and O–H groups in total. The summed E-state index contributed by atoms with van der Waals surface area (Å²) in [4.78, 5) is 2.69. The third-order valence-corrected chi connectivity index (χ3v) is 7.49. The van der Waals surface area contributed by atoms with Crippen LogP contribution in [-0.2, 0) is 0 Å². The monoisotopic (exact) mass is 292 g/mol. The van der Waals surface area contributed by atoms with Crippen LogP contribution in [0.5, 0.6) is 0 Å². The maximum absolute atomic E-state index is 6.27. The standard InChI is InChI=1S/C19H36N2/c1-14(2)16-6-8-19(13-20,9-7-16)21(3)12-18-11-15-4-5-17(18)10-15/h14-18H,4-13,20H2,1-3H3. The van der Waals surface area contributed by atoms with Crippen molar-refractivity contribution in [2.24, 2.45) is 35.3 Å². The zero-order valence-electron chi connectivity index (χ0n) is 14.5. The van der Waals surface area contributed by atoms with Gasteiger partial charge in [-0.3, -0.25) is 4.90 Å². The molecule has 3 rings (SSSR count). The van der Waals surface area contributed by atoms with Crippen LogP contribution in [0, 0.1) is 29.6 Å². The van der Waals surface area contributed by atoms with E-state index in [2.05, 4.69) is 25.8 Å².